The molecule has 0 aliphatic carbocycles. The molecule has 2 aliphatic rings. The van der Waals surface area contributed by atoms with E-state index in [1.807, 2.05) is 11.3 Å². The van der Waals surface area contributed by atoms with Gasteiger partial charge in [0.1, 0.15) is 0 Å². The standard InChI is InChI=1S/C13H18N2OS/c1-9-10-5-8-17-12(10)4-7-15(9)13(16)11-3-2-6-14-11/h5,8-9,11,14H,2-4,6-7H2,1H3/t9?,11-/m0/s1. The molecule has 0 radical (unpaired) electrons. The number of amides is 1. The number of carbonyl (C=O) groups excluding carboxylic acids is 1. The third-order valence-electron chi connectivity index (χ3n) is 3.92. The fourth-order valence-electron chi connectivity index (χ4n) is 2.91. The number of fused-ring (bicyclic) bond motifs is 1. The van der Waals surface area contributed by atoms with Gasteiger partial charge in [0.05, 0.1) is 12.1 Å². The molecule has 1 amide bonds. The highest BCUT2D eigenvalue weighted by Gasteiger charge is 2.33. The van der Waals surface area contributed by atoms with E-state index < -0.39 is 0 Å². The van der Waals surface area contributed by atoms with Gasteiger partial charge in [0.2, 0.25) is 5.91 Å². The van der Waals surface area contributed by atoms with Crippen LogP contribution < -0.4 is 5.32 Å². The lowest BCUT2D eigenvalue weighted by Crippen LogP contribution is -2.47. The lowest BCUT2D eigenvalue weighted by atomic mass is 10.0. The molecule has 1 aromatic rings. The fraction of sp³-hybridized carbons (Fsp3) is 0.615. The molecular formula is C13H18N2OS. The van der Waals surface area contributed by atoms with Crippen molar-refractivity contribution in [2.75, 3.05) is 13.1 Å². The Morgan fingerprint density at radius 1 is 1.59 bits per heavy atom. The first-order valence-electron chi connectivity index (χ1n) is 6.37. The van der Waals surface area contributed by atoms with Crippen LogP contribution in [-0.4, -0.2) is 29.9 Å². The highest BCUT2D eigenvalue weighted by molar-refractivity contribution is 7.10. The molecule has 3 nitrogen and oxygen atoms in total. The summed E-state index contributed by atoms with van der Waals surface area (Å²) in [4.78, 5) is 15.9. The summed E-state index contributed by atoms with van der Waals surface area (Å²) < 4.78 is 0. The third kappa shape index (κ3) is 1.89. The Kier molecular flexibility index (Phi) is 2.92. The van der Waals surface area contributed by atoms with Gasteiger partial charge in [0.15, 0.2) is 0 Å². The summed E-state index contributed by atoms with van der Waals surface area (Å²) in [5.74, 6) is 0.298. The van der Waals surface area contributed by atoms with E-state index in [1.165, 1.54) is 10.4 Å². The zero-order chi connectivity index (χ0) is 11.8. The first-order valence-corrected chi connectivity index (χ1v) is 7.25. The van der Waals surface area contributed by atoms with Crippen molar-refractivity contribution in [3.8, 4) is 0 Å². The quantitative estimate of drug-likeness (QED) is 0.826. The van der Waals surface area contributed by atoms with Gasteiger partial charge in [-0.05, 0) is 49.7 Å². The van der Waals surface area contributed by atoms with Gasteiger partial charge in [-0.2, -0.15) is 0 Å². The van der Waals surface area contributed by atoms with Crippen LogP contribution in [0.15, 0.2) is 11.4 Å². The number of thiophene rings is 1. The third-order valence-corrected chi connectivity index (χ3v) is 4.92. The molecule has 4 heteroatoms. The lowest BCUT2D eigenvalue weighted by molar-refractivity contribution is -0.135. The molecule has 0 spiro atoms. The molecule has 0 aromatic carbocycles. The van der Waals surface area contributed by atoms with Crippen LogP contribution in [0.25, 0.3) is 0 Å². The van der Waals surface area contributed by atoms with Crippen LogP contribution in [0.5, 0.6) is 0 Å². The SMILES string of the molecule is CC1c2ccsc2CCN1C(=O)[C@@H]1CCCN1. The van der Waals surface area contributed by atoms with Crippen molar-refractivity contribution in [3.63, 3.8) is 0 Å². The van der Waals surface area contributed by atoms with E-state index in [2.05, 4.69) is 28.6 Å². The molecule has 1 unspecified atom stereocenters. The topological polar surface area (TPSA) is 32.3 Å². The number of carbonyl (C=O) groups is 1. The van der Waals surface area contributed by atoms with Crippen molar-refractivity contribution in [3.05, 3.63) is 21.9 Å². The molecule has 3 rings (SSSR count). The Labute approximate surface area is 106 Å². The largest absolute Gasteiger partial charge is 0.334 e. The maximum absolute atomic E-state index is 12.4. The minimum absolute atomic E-state index is 0.0673. The molecule has 2 aliphatic heterocycles. The normalized spacial score (nSPS) is 28.2. The second kappa shape index (κ2) is 4.42. The van der Waals surface area contributed by atoms with E-state index in [1.54, 1.807) is 0 Å². The van der Waals surface area contributed by atoms with Gasteiger partial charge in [0, 0.05) is 11.4 Å². The number of hydrogen-bond acceptors (Lipinski definition) is 3. The number of nitrogens with zero attached hydrogens (tertiary/aromatic N) is 1. The van der Waals surface area contributed by atoms with Crippen molar-refractivity contribution in [1.82, 2.24) is 10.2 Å². The van der Waals surface area contributed by atoms with Gasteiger partial charge in [-0.1, -0.05) is 0 Å². The van der Waals surface area contributed by atoms with Crippen LogP contribution in [0, 0.1) is 0 Å². The summed E-state index contributed by atoms with van der Waals surface area (Å²) in [6.45, 7) is 4.02. The lowest BCUT2D eigenvalue weighted by Gasteiger charge is -2.35. The zero-order valence-electron chi connectivity index (χ0n) is 10.1. The minimum atomic E-state index is 0.0673. The number of rotatable bonds is 1. The molecule has 1 saturated heterocycles. The fourth-order valence-corrected chi connectivity index (χ4v) is 3.87. The van der Waals surface area contributed by atoms with Crippen molar-refractivity contribution in [2.45, 2.75) is 38.3 Å². The highest BCUT2D eigenvalue weighted by atomic mass is 32.1. The molecule has 92 valence electrons. The molecule has 1 fully saturated rings. The minimum Gasteiger partial charge on any atom is -0.334 e. The van der Waals surface area contributed by atoms with Crippen molar-refractivity contribution in [1.29, 1.82) is 0 Å². The first-order chi connectivity index (χ1) is 8.27. The maximum Gasteiger partial charge on any atom is 0.240 e. The van der Waals surface area contributed by atoms with Gasteiger partial charge in [-0.25, -0.2) is 0 Å². The Bertz CT molecular complexity index is 423. The molecule has 2 atom stereocenters. The summed E-state index contributed by atoms with van der Waals surface area (Å²) in [7, 11) is 0. The van der Waals surface area contributed by atoms with Gasteiger partial charge in [-0.3, -0.25) is 4.79 Å². The van der Waals surface area contributed by atoms with Crippen LogP contribution in [0.4, 0.5) is 0 Å². The van der Waals surface area contributed by atoms with Crippen molar-refractivity contribution in [2.24, 2.45) is 0 Å². The van der Waals surface area contributed by atoms with Gasteiger partial charge in [0.25, 0.3) is 0 Å². The van der Waals surface area contributed by atoms with Gasteiger partial charge < -0.3 is 10.2 Å². The molecule has 0 saturated carbocycles. The first kappa shape index (κ1) is 11.2. The van der Waals surface area contributed by atoms with E-state index >= 15 is 0 Å². The average molecular weight is 250 g/mol. The molecule has 17 heavy (non-hydrogen) atoms. The maximum atomic E-state index is 12.4. The van der Waals surface area contributed by atoms with Crippen molar-refractivity contribution < 1.29 is 4.79 Å². The van der Waals surface area contributed by atoms with E-state index in [-0.39, 0.29) is 12.1 Å². The predicted molar refractivity (Wildman–Crippen MR) is 69.2 cm³/mol. The van der Waals surface area contributed by atoms with E-state index in [0.29, 0.717) is 5.91 Å². The summed E-state index contributed by atoms with van der Waals surface area (Å²) in [5.41, 5.74) is 1.35. The Morgan fingerprint density at radius 2 is 2.47 bits per heavy atom. The zero-order valence-corrected chi connectivity index (χ0v) is 10.9. The molecule has 1 N–H and O–H groups in total. The highest BCUT2D eigenvalue weighted by Crippen LogP contribution is 2.33. The summed E-state index contributed by atoms with van der Waals surface area (Å²) in [6, 6.07) is 2.49. The smallest absolute Gasteiger partial charge is 0.240 e. The predicted octanol–water partition coefficient (Wildman–Crippen LogP) is 1.95. The van der Waals surface area contributed by atoms with Crippen LogP contribution >= 0.6 is 11.3 Å². The Morgan fingerprint density at radius 3 is 3.24 bits per heavy atom. The summed E-state index contributed by atoms with van der Waals surface area (Å²) in [6.07, 6.45) is 3.15. The number of nitrogens with one attached hydrogen (secondary N) is 1. The Hall–Kier alpha value is -0.870. The van der Waals surface area contributed by atoms with Gasteiger partial charge in [-0.15, -0.1) is 11.3 Å². The summed E-state index contributed by atoms with van der Waals surface area (Å²) >= 11 is 1.82. The second-order valence-electron chi connectivity index (χ2n) is 4.91. The van der Waals surface area contributed by atoms with Crippen LogP contribution in [0.3, 0.4) is 0 Å². The van der Waals surface area contributed by atoms with E-state index in [9.17, 15) is 4.79 Å². The molecule has 0 bridgehead atoms. The van der Waals surface area contributed by atoms with Gasteiger partial charge >= 0.3 is 0 Å². The number of hydrogen-bond donors (Lipinski definition) is 1. The van der Waals surface area contributed by atoms with Crippen LogP contribution in [0.2, 0.25) is 0 Å². The van der Waals surface area contributed by atoms with E-state index in [0.717, 1.165) is 32.4 Å². The summed E-state index contributed by atoms with van der Waals surface area (Å²) in [5, 5.41) is 5.45. The molecule has 3 heterocycles. The van der Waals surface area contributed by atoms with Crippen LogP contribution in [-0.2, 0) is 11.2 Å². The second-order valence-corrected chi connectivity index (χ2v) is 5.91. The average Bonchev–Trinajstić information content (AvgIpc) is 3.00. The Balaban J connectivity index is 1.79. The monoisotopic (exact) mass is 250 g/mol. The van der Waals surface area contributed by atoms with E-state index in [4.69, 9.17) is 0 Å². The molecular weight excluding hydrogens is 232 g/mol. The molecule has 1 aromatic heterocycles. The van der Waals surface area contributed by atoms with Crippen LogP contribution in [0.1, 0.15) is 36.2 Å². The van der Waals surface area contributed by atoms with Crippen molar-refractivity contribution >= 4 is 17.2 Å².